The number of hydrogen-bond donors (Lipinski definition) is 0. The first-order valence-corrected chi connectivity index (χ1v) is 11.4. The molecule has 0 spiro atoms. The third-order valence-electron chi connectivity index (χ3n) is 6.56. The fraction of sp³-hybridized carbons (Fsp3) is 0.259. The number of amides is 1. The molecule has 0 bridgehead atoms. The van der Waals surface area contributed by atoms with Crippen molar-refractivity contribution in [1.29, 1.82) is 0 Å². The number of aryl methyl sites for hydroxylation is 1. The van der Waals surface area contributed by atoms with Crippen LogP contribution in [0.5, 0.6) is 5.75 Å². The quantitative estimate of drug-likeness (QED) is 0.275. The van der Waals surface area contributed by atoms with E-state index in [0.29, 0.717) is 30.6 Å². The zero-order chi connectivity index (χ0) is 24.7. The third kappa shape index (κ3) is 4.24. The summed E-state index contributed by atoms with van der Waals surface area (Å²) < 4.78 is 48.8. The van der Waals surface area contributed by atoms with Crippen LogP contribution >= 0.6 is 0 Å². The first-order valence-electron chi connectivity index (χ1n) is 11.4. The number of carbonyl (C=O) groups excluding carboxylic acids is 1. The lowest BCUT2D eigenvalue weighted by atomic mass is 9.87. The molecule has 3 aromatic rings. The molecule has 5 rings (SSSR count). The Kier molecular flexibility index (Phi) is 5.96. The molecule has 0 aliphatic carbocycles. The van der Waals surface area contributed by atoms with Crippen LogP contribution in [0.4, 0.5) is 13.2 Å². The van der Waals surface area contributed by atoms with Crippen LogP contribution < -0.4 is 4.74 Å². The number of methoxy groups -OCH3 is 1. The van der Waals surface area contributed by atoms with Gasteiger partial charge in [0.2, 0.25) is 0 Å². The van der Waals surface area contributed by atoms with Crippen molar-refractivity contribution in [2.75, 3.05) is 7.11 Å². The number of imidazole rings is 1. The summed E-state index contributed by atoms with van der Waals surface area (Å²) in [6.07, 6.45) is 11.0. The largest absolute Gasteiger partial charge is 0.495 e. The van der Waals surface area contributed by atoms with E-state index in [2.05, 4.69) is 4.98 Å². The zero-order valence-corrected chi connectivity index (χ0v) is 19.3. The van der Waals surface area contributed by atoms with Crippen LogP contribution in [0.2, 0.25) is 0 Å². The Morgan fingerprint density at radius 1 is 1.14 bits per heavy atom. The Morgan fingerprint density at radius 3 is 2.60 bits per heavy atom. The lowest BCUT2D eigenvalue weighted by Crippen LogP contribution is -2.47. The Labute approximate surface area is 201 Å². The average molecular weight is 480 g/mol. The third-order valence-corrected chi connectivity index (χ3v) is 6.56. The summed E-state index contributed by atoms with van der Waals surface area (Å²) in [4.78, 5) is 19.5. The summed E-state index contributed by atoms with van der Waals surface area (Å²) in [5.41, 5.74) is 3.31. The van der Waals surface area contributed by atoms with Gasteiger partial charge in [-0.05, 0) is 67.7 Å². The number of ether oxygens (including phenoxy) is 1. The minimum atomic E-state index is -1.51. The van der Waals surface area contributed by atoms with Crippen LogP contribution in [0.25, 0.3) is 11.8 Å². The van der Waals surface area contributed by atoms with Crippen molar-refractivity contribution in [3.63, 3.8) is 0 Å². The summed E-state index contributed by atoms with van der Waals surface area (Å²) in [7, 11) is 1.58. The average Bonchev–Trinajstić information content (AvgIpc) is 3.29. The van der Waals surface area contributed by atoms with Crippen LogP contribution in [0.15, 0.2) is 60.6 Å². The van der Waals surface area contributed by atoms with Gasteiger partial charge in [-0.1, -0.05) is 18.2 Å². The molecule has 5 nitrogen and oxygen atoms in total. The molecule has 35 heavy (non-hydrogen) atoms. The Morgan fingerprint density at radius 2 is 1.91 bits per heavy atom. The van der Waals surface area contributed by atoms with E-state index in [1.165, 1.54) is 0 Å². The number of hydrogen-bond acceptors (Lipinski definition) is 3. The number of piperidine rings is 1. The van der Waals surface area contributed by atoms with E-state index in [1.807, 2.05) is 48.0 Å². The number of halogens is 3. The maximum atomic E-state index is 13.9. The molecule has 0 saturated carbocycles. The Bertz CT molecular complexity index is 1340. The Balaban J connectivity index is 1.47. The van der Waals surface area contributed by atoms with Crippen molar-refractivity contribution in [1.82, 2.24) is 14.5 Å². The van der Waals surface area contributed by atoms with E-state index in [1.54, 1.807) is 24.4 Å². The molecule has 2 aliphatic rings. The summed E-state index contributed by atoms with van der Waals surface area (Å²) in [6.45, 7) is 1.90. The normalized spacial score (nSPS) is 20.9. The molecular formula is C27H24F3N3O2. The predicted molar refractivity (Wildman–Crippen MR) is 126 cm³/mol. The first kappa shape index (κ1) is 23.0. The number of nitrogens with zero attached hydrogens (tertiary/aromatic N) is 3. The topological polar surface area (TPSA) is 47.4 Å². The van der Waals surface area contributed by atoms with Gasteiger partial charge >= 0.3 is 0 Å². The van der Waals surface area contributed by atoms with Crippen molar-refractivity contribution < 1.29 is 22.7 Å². The zero-order valence-electron chi connectivity index (χ0n) is 19.3. The monoisotopic (exact) mass is 479 g/mol. The van der Waals surface area contributed by atoms with E-state index in [0.717, 1.165) is 29.1 Å². The molecule has 180 valence electrons. The van der Waals surface area contributed by atoms with Crippen molar-refractivity contribution in [3.8, 4) is 11.4 Å². The van der Waals surface area contributed by atoms with Gasteiger partial charge in [-0.3, -0.25) is 4.79 Å². The SMILES string of the molecule is COc1cc(C=C2CC[C@@H]3CC=C[C@H](c4cc(F)c(F)c(F)c4)N3C2=O)ccc1-n1cnc(C)c1. The molecule has 1 aromatic heterocycles. The van der Waals surface area contributed by atoms with Crippen molar-refractivity contribution in [3.05, 3.63) is 94.9 Å². The second-order valence-corrected chi connectivity index (χ2v) is 8.84. The highest BCUT2D eigenvalue weighted by Crippen LogP contribution is 2.38. The summed E-state index contributed by atoms with van der Waals surface area (Å²) in [5, 5.41) is 0. The summed E-state index contributed by atoms with van der Waals surface area (Å²) in [6, 6.07) is 6.82. The summed E-state index contributed by atoms with van der Waals surface area (Å²) in [5.74, 6) is -3.62. The molecule has 1 saturated heterocycles. The van der Waals surface area contributed by atoms with Crippen molar-refractivity contribution >= 4 is 12.0 Å². The van der Waals surface area contributed by atoms with Crippen molar-refractivity contribution in [2.45, 2.75) is 38.3 Å². The lowest BCUT2D eigenvalue weighted by molar-refractivity contribution is -0.133. The molecule has 2 aromatic carbocycles. The molecule has 1 fully saturated rings. The maximum Gasteiger partial charge on any atom is 0.250 e. The van der Waals surface area contributed by atoms with Crippen molar-refractivity contribution in [2.24, 2.45) is 0 Å². The molecule has 3 heterocycles. The highest BCUT2D eigenvalue weighted by molar-refractivity contribution is 5.99. The summed E-state index contributed by atoms with van der Waals surface area (Å²) >= 11 is 0. The van der Waals surface area contributed by atoms with Gasteiger partial charge in [-0.15, -0.1) is 0 Å². The van der Waals surface area contributed by atoms with Gasteiger partial charge in [0.1, 0.15) is 5.75 Å². The second-order valence-electron chi connectivity index (χ2n) is 8.84. The molecule has 2 aliphatic heterocycles. The van der Waals surface area contributed by atoms with Gasteiger partial charge in [0.05, 0.1) is 30.9 Å². The van der Waals surface area contributed by atoms with Crippen LogP contribution in [0.1, 0.15) is 42.1 Å². The van der Waals surface area contributed by atoms with E-state index in [9.17, 15) is 18.0 Å². The lowest BCUT2D eigenvalue weighted by Gasteiger charge is -2.43. The number of aromatic nitrogens is 2. The fourth-order valence-electron chi connectivity index (χ4n) is 4.84. The van der Waals surface area contributed by atoms with Gasteiger partial charge in [0, 0.05) is 17.8 Å². The van der Waals surface area contributed by atoms with Crippen LogP contribution in [0, 0.1) is 24.4 Å². The number of rotatable bonds is 4. The fourth-order valence-corrected chi connectivity index (χ4v) is 4.84. The minimum Gasteiger partial charge on any atom is -0.495 e. The molecule has 0 N–H and O–H groups in total. The predicted octanol–water partition coefficient (Wildman–Crippen LogP) is 5.68. The number of carbonyl (C=O) groups is 1. The smallest absolute Gasteiger partial charge is 0.250 e. The van der Waals surface area contributed by atoms with E-state index in [-0.39, 0.29) is 17.5 Å². The van der Waals surface area contributed by atoms with E-state index >= 15 is 0 Å². The molecule has 2 atom stereocenters. The number of benzene rings is 2. The molecular weight excluding hydrogens is 455 g/mol. The molecule has 1 amide bonds. The van der Waals surface area contributed by atoms with Gasteiger partial charge in [0.25, 0.3) is 5.91 Å². The molecule has 0 unspecified atom stereocenters. The van der Waals surface area contributed by atoms with Gasteiger partial charge in [-0.2, -0.15) is 0 Å². The highest BCUT2D eigenvalue weighted by Gasteiger charge is 2.38. The van der Waals surface area contributed by atoms with Crippen LogP contribution in [-0.2, 0) is 4.79 Å². The maximum absolute atomic E-state index is 13.9. The first-order chi connectivity index (χ1) is 16.9. The second kappa shape index (κ2) is 9.09. The van der Waals surface area contributed by atoms with E-state index < -0.39 is 23.5 Å². The molecule has 0 radical (unpaired) electrons. The van der Waals surface area contributed by atoms with Gasteiger partial charge in [0.15, 0.2) is 17.5 Å². The van der Waals surface area contributed by atoms with Gasteiger partial charge < -0.3 is 14.2 Å². The van der Waals surface area contributed by atoms with E-state index in [4.69, 9.17) is 4.74 Å². The Hall–Kier alpha value is -3.81. The highest BCUT2D eigenvalue weighted by atomic mass is 19.2. The van der Waals surface area contributed by atoms with Gasteiger partial charge in [-0.25, -0.2) is 18.2 Å². The van der Waals surface area contributed by atoms with Crippen LogP contribution in [-0.4, -0.2) is 33.5 Å². The standard InChI is InChI=1S/C27H24F3N3O2/c1-16-14-32(15-31-16)24-9-6-17(11-25(24)35-2)10-18-7-8-20-4-3-5-23(33(20)27(18)34)19-12-21(28)26(30)22(29)13-19/h3,5-6,9-15,20,23H,4,7-8H2,1-2H3/t20-,23+/m0/s1. The molecule has 8 heteroatoms. The minimum absolute atomic E-state index is 0.0905. The number of fused-ring (bicyclic) bond motifs is 1. The van der Waals surface area contributed by atoms with Crippen LogP contribution in [0.3, 0.4) is 0 Å².